The molecule has 0 aliphatic carbocycles. The maximum atomic E-state index is 13.2. The fourth-order valence-electron chi connectivity index (χ4n) is 1.99. The van der Waals surface area contributed by atoms with Crippen LogP contribution in [0.15, 0.2) is 18.2 Å². The van der Waals surface area contributed by atoms with E-state index in [0.29, 0.717) is 6.54 Å². The number of halogens is 1. The second-order valence-electron chi connectivity index (χ2n) is 4.76. The number of rotatable bonds is 9. The number of unbranched alkanes of at least 4 members (excludes halogenated alkanes) is 5. The second kappa shape index (κ2) is 8.92. The smallest absolute Gasteiger partial charge is 0.146 e. The molecule has 3 N–H and O–H groups in total. The SMILES string of the molecule is CCCCCCCCNCc1cccc(F)c1N. The summed E-state index contributed by atoms with van der Waals surface area (Å²) in [4.78, 5) is 0. The molecule has 0 heterocycles. The van der Waals surface area contributed by atoms with Gasteiger partial charge < -0.3 is 11.1 Å². The van der Waals surface area contributed by atoms with Crippen molar-refractivity contribution >= 4 is 5.69 Å². The average molecular weight is 252 g/mol. The van der Waals surface area contributed by atoms with Gasteiger partial charge in [0, 0.05) is 6.54 Å². The molecule has 0 saturated carbocycles. The third-order valence-electron chi connectivity index (χ3n) is 3.17. The molecule has 3 heteroatoms. The number of anilines is 1. The Morgan fingerprint density at radius 3 is 2.61 bits per heavy atom. The number of hydrogen-bond acceptors (Lipinski definition) is 2. The molecule has 18 heavy (non-hydrogen) atoms. The Morgan fingerprint density at radius 1 is 1.11 bits per heavy atom. The highest BCUT2D eigenvalue weighted by molar-refractivity contribution is 5.47. The highest BCUT2D eigenvalue weighted by Gasteiger charge is 2.02. The number of nitrogen functional groups attached to an aromatic ring is 1. The zero-order valence-electron chi connectivity index (χ0n) is 11.3. The topological polar surface area (TPSA) is 38.0 Å². The van der Waals surface area contributed by atoms with Gasteiger partial charge in [0.1, 0.15) is 5.82 Å². The Morgan fingerprint density at radius 2 is 1.83 bits per heavy atom. The van der Waals surface area contributed by atoms with Gasteiger partial charge in [0.15, 0.2) is 0 Å². The first-order chi connectivity index (χ1) is 8.75. The van der Waals surface area contributed by atoms with Crippen LogP contribution in [0.4, 0.5) is 10.1 Å². The van der Waals surface area contributed by atoms with Gasteiger partial charge in [0.25, 0.3) is 0 Å². The Balaban J connectivity index is 2.09. The van der Waals surface area contributed by atoms with Crippen molar-refractivity contribution in [3.05, 3.63) is 29.6 Å². The van der Waals surface area contributed by atoms with Crippen molar-refractivity contribution in [1.29, 1.82) is 0 Å². The fraction of sp³-hybridized carbons (Fsp3) is 0.600. The molecular formula is C15H25FN2. The number of nitrogens with two attached hydrogens (primary N) is 1. The van der Waals surface area contributed by atoms with Gasteiger partial charge in [-0.2, -0.15) is 0 Å². The van der Waals surface area contributed by atoms with Crippen molar-refractivity contribution in [1.82, 2.24) is 5.32 Å². The van der Waals surface area contributed by atoms with Gasteiger partial charge in [-0.3, -0.25) is 0 Å². The molecule has 0 aliphatic heterocycles. The zero-order chi connectivity index (χ0) is 13.2. The molecule has 0 aliphatic rings. The van der Waals surface area contributed by atoms with Gasteiger partial charge in [-0.05, 0) is 24.6 Å². The quantitative estimate of drug-likeness (QED) is 0.517. The Bertz CT molecular complexity index is 339. The van der Waals surface area contributed by atoms with Gasteiger partial charge in [0.05, 0.1) is 5.69 Å². The molecule has 0 atom stereocenters. The first-order valence-corrected chi connectivity index (χ1v) is 6.99. The summed E-state index contributed by atoms with van der Waals surface area (Å²) in [6.07, 6.45) is 7.74. The normalized spacial score (nSPS) is 10.8. The minimum Gasteiger partial charge on any atom is -0.396 e. The lowest BCUT2D eigenvalue weighted by Crippen LogP contribution is -2.16. The van der Waals surface area contributed by atoms with Gasteiger partial charge in [0.2, 0.25) is 0 Å². The van der Waals surface area contributed by atoms with E-state index in [2.05, 4.69) is 12.2 Å². The van der Waals surface area contributed by atoms with Crippen molar-refractivity contribution in [2.24, 2.45) is 0 Å². The molecule has 0 radical (unpaired) electrons. The third kappa shape index (κ3) is 5.50. The van der Waals surface area contributed by atoms with Crippen LogP contribution in [-0.4, -0.2) is 6.54 Å². The standard InChI is InChI=1S/C15H25FN2/c1-2-3-4-5-6-7-11-18-12-13-9-8-10-14(16)15(13)17/h8-10,18H,2-7,11-12,17H2,1H3. The summed E-state index contributed by atoms with van der Waals surface area (Å²) in [5, 5.41) is 3.31. The molecule has 0 amide bonds. The summed E-state index contributed by atoms with van der Waals surface area (Å²) in [7, 11) is 0. The van der Waals surface area contributed by atoms with Crippen LogP contribution in [0.2, 0.25) is 0 Å². The lowest BCUT2D eigenvalue weighted by Gasteiger charge is -2.08. The van der Waals surface area contributed by atoms with Gasteiger partial charge in [-0.1, -0.05) is 51.2 Å². The van der Waals surface area contributed by atoms with Crippen LogP contribution in [0, 0.1) is 5.82 Å². The van der Waals surface area contributed by atoms with E-state index in [-0.39, 0.29) is 11.5 Å². The van der Waals surface area contributed by atoms with Gasteiger partial charge in [-0.15, -0.1) is 0 Å². The molecule has 0 spiro atoms. The summed E-state index contributed by atoms with van der Waals surface area (Å²) < 4.78 is 13.2. The number of para-hydroxylation sites is 1. The first kappa shape index (κ1) is 15.0. The minimum absolute atomic E-state index is 0.271. The highest BCUT2D eigenvalue weighted by Crippen LogP contribution is 2.15. The fourth-order valence-corrected chi connectivity index (χ4v) is 1.99. The maximum Gasteiger partial charge on any atom is 0.146 e. The summed E-state index contributed by atoms with van der Waals surface area (Å²) >= 11 is 0. The van der Waals surface area contributed by atoms with Crippen LogP contribution in [0.25, 0.3) is 0 Å². The van der Waals surface area contributed by atoms with E-state index in [1.807, 2.05) is 6.07 Å². The summed E-state index contributed by atoms with van der Waals surface area (Å²) in [5.74, 6) is -0.325. The van der Waals surface area contributed by atoms with Crippen molar-refractivity contribution in [2.75, 3.05) is 12.3 Å². The summed E-state index contributed by atoms with van der Waals surface area (Å²) in [5.41, 5.74) is 6.78. The van der Waals surface area contributed by atoms with E-state index in [9.17, 15) is 4.39 Å². The van der Waals surface area contributed by atoms with Crippen molar-refractivity contribution in [2.45, 2.75) is 52.0 Å². The van der Waals surface area contributed by atoms with Crippen LogP contribution in [-0.2, 0) is 6.54 Å². The van der Waals surface area contributed by atoms with Crippen LogP contribution < -0.4 is 11.1 Å². The van der Waals surface area contributed by atoms with Crippen molar-refractivity contribution < 1.29 is 4.39 Å². The number of nitrogens with one attached hydrogen (secondary N) is 1. The molecule has 1 aromatic carbocycles. The third-order valence-corrected chi connectivity index (χ3v) is 3.17. The van der Waals surface area contributed by atoms with E-state index in [1.54, 1.807) is 6.07 Å². The van der Waals surface area contributed by atoms with E-state index >= 15 is 0 Å². The van der Waals surface area contributed by atoms with Gasteiger partial charge in [-0.25, -0.2) is 4.39 Å². The zero-order valence-corrected chi connectivity index (χ0v) is 11.3. The predicted octanol–water partition coefficient (Wildman–Crippen LogP) is 3.86. The number of benzene rings is 1. The van der Waals surface area contributed by atoms with Crippen LogP contribution >= 0.6 is 0 Å². The molecule has 0 unspecified atom stereocenters. The van der Waals surface area contributed by atoms with Gasteiger partial charge >= 0.3 is 0 Å². The lowest BCUT2D eigenvalue weighted by atomic mass is 10.1. The minimum atomic E-state index is -0.325. The van der Waals surface area contributed by atoms with E-state index in [1.165, 1.54) is 44.6 Å². The highest BCUT2D eigenvalue weighted by atomic mass is 19.1. The first-order valence-electron chi connectivity index (χ1n) is 6.99. The van der Waals surface area contributed by atoms with Crippen molar-refractivity contribution in [3.8, 4) is 0 Å². The maximum absolute atomic E-state index is 13.2. The molecule has 0 fully saturated rings. The van der Waals surface area contributed by atoms with E-state index in [4.69, 9.17) is 5.73 Å². The second-order valence-corrected chi connectivity index (χ2v) is 4.76. The van der Waals surface area contributed by atoms with E-state index < -0.39 is 0 Å². The average Bonchev–Trinajstić information content (AvgIpc) is 2.37. The van der Waals surface area contributed by atoms with Crippen LogP contribution in [0.1, 0.15) is 51.0 Å². The summed E-state index contributed by atoms with van der Waals surface area (Å²) in [6, 6.07) is 4.96. The molecule has 2 nitrogen and oxygen atoms in total. The molecule has 0 aromatic heterocycles. The molecule has 1 aromatic rings. The monoisotopic (exact) mass is 252 g/mol. The largest absolute Gasteiger partial charge is 0.396 e. The Labute approximate surface area is 110 Å². The lowest BCUT2D eigenvalue weighted by molar-refractivity contribution is 0.570. The molecular weight excluding hydrogens is 227 g/mol. The number of hydrogen-bond donors (Lipinski definition) is 2. The van der Waals surface area contributed by atoms with E-state index in [0.717, 1.165) is 12.1 Å². The van der Waals surface area contributed by atoms with Crippen LogP contribution in [0.5, 0.6) is 0 Å². The predicted molar refractivity (Wildman–Crippen MR) is 75.9 cm³/mol. The molecule has 102 valence electrons. The molecule has 0 bridgehead atoms. The van der Waals surface area contributed by atoms with Crippen molar-refractivity contribution in [3.63, 3.8) is 0 Å². The summed E-state index contributed by atoms with van der Waals surface area (Å²) in [6.45, 7) is 3.85. The Kier molecular flexibility index (Phi) is 7.42. The van der Waals surface area contributed by atoms with Crippen LogP contribution in [0.3, 0.4) is 0 Å². The molecule has 0 saturated heterocycles. The molecule has 1 rings (SSSR count). The Hall–Kier alpha value is -1.09.